The van der Waals surface area contributed by atoms with Crippen LogP contribution < -0.4 is 0 Å². The quantitative estimate of drug-likeness (QED) is 0.751. The van der Waals surface area contributed by atoms with Gasteiger partial charge in [-0.05, 0) is 25.0 Å². The Labute approximate surface area is 165 Å². The number of aromatic nitrogens is 1. The molecular formula is C22H26N4O2. The van der Waals surface area contributed by atoms with Crippen molar-refractivity contribution in [2.75, 3.05) is 27.2 Å². The lowest BCUT2D eigenvalue weighted by Gasteiger charge is -2.31. The van der Waals surface area contributed by atoms with Gasteiger partial charge in [0.2, 0.25) is 11.8 Å². The molecule has 0 unspecified atom stereocenters. The fourth-order valence-electron chi connectivity index (χ4n) is 3.74. The lowest BCUT2D eigenvalue weighted by Crippen LogP contribution is -2.42. The van der Waals surface area contributed by atoms with E-state index < -0.39 is 0 Å². The molecule has 0 aliphatic carbocycles. The molecule has 0 atom stereocenters. The van der Waals surface area contributed by atoms with Gasteiger partial charge in [0.1, 0.15) is 0 Å². The third-order valence-electron chi connectivity index (χ3n) is 5.29. The second kappa shape index (κ2) is 8.75. The molecule has 1 aromatic carbocycles. The fourth-order valence-corrected chi connectivity index (χ4v) is 3.74. The van der Waals surface area contributed by atoms with Gasteiger partial charge in [0.15, 0.2) is 0 Å². The first kappa shape index (κ1) is 19.7. The number of piperidine rings is 1. The molecule has 2 heterocycles. The Morgan fingerprint density at radius 2 is 1.96 bits per heavy atom. The van der Waals surface area contributed by atoms with Gasteiger partial charge in [0, 0.05) is 68.4 Å². The monoisotopic (exact) mass is 378 g/mol. The molecular weight excluding hydrogens is 352 g/mol. The average Bonchev–Trinajstić information content (AvgIpc) is 3.07. The fraction of sp³-hybridized carbons (Fsp3) is 0.409. The number of hydrogen-bond acceptors (Lipinski definition) is 3. The zero-order valence-electron chi connectivity index (χ0n) is 16.5. The van der Waals surface area contributed by atoms with Crippen molar-refractivity contribution in [3.8, 4) is 6.07 Å². The van der Waals surface area contributed by atoms with E-state index in [-0.39, 0.29) is 17.7 Å². The summed E-state index contributed by atoms with van der Waals surface area (Å²) in [5, 5.41) is 9.93. The topological polar surface area (TPSA) is 69.3 Å². The number of benzene rings is 1. The van der Waals surface area contributed by atoms with Crippen LogP contribution in [0.3, 0.4) is 0 Å². The van der Waals surface area contributed by atoms with Crippen molar-refractivity contribution < 1.29 is 9.59 Å². The Balaban J connectivity index is 1.68. The van der Waals surface area contributed by atoms with Crippen molar-refractivity contribution in [2.45, 2.75) is 25.8 Å². The molecule has 1 aromatic heterocycles. The highest BCUT2D eigenvalue weighted by atomic mass is 16.2. The van der Waals surface area contributed by atoms with Crippen LogP contribution in [-0.4, -0.2) is 53.4 Å². The van der Waals surface area contributed by atoms with E-state index >= 15 is 0 Å². The number of para-hydroxylation sites is 1. The first-order valence-electron chi connectivity index (χ1n) is 9.64. The van der Waals surface area contributed by atoms with Crippen LogP contribution in [0.2, 0.25) is 0 Å². The molecule has 1 fully saturated rings. The summed E-state index contributed by atoms with van der Waals surface area (Å²) in [6, 6.07) is 10.2. The highest BCUT2D eigenvalue weighted by Gasteiger charge is 2.27. The van der Waals surface area contributed by atoms with E-state index in [2.05, 4.69) is 10.6 Å². The lowest BCUT2D eigenvalue weighted by molar-refractivity contribution is -0.137. The van der Waals surface area contributed by atoms with Crippen LogP contribution in [0.1, 0.15) is 24.8 Å². The SMILES string of the molecule is CN(C)C(=O)C1CCN(C(=O)C=Cc2cn(CCC#N)c3ccccc23)CC1. The first-order chi connectivity index (χ1) is 13.5. The van der Waals surface area contributed by atoms with Crippen LogP contribution >= 0.6 is 0 Å². The average molecular weight is 378 g/mol. The van der Waals surface area contributed by atoms with E-state index in [0.717, 1.165) is 16.5 Å². The normalized spacial score (nSPS) is 15.1. The molecule has 1 aliphatic heterocycles. The molecule has 28 heavy (non-hydrogen) atoms. The first-order valence-corrected chi connectivity index (χ1v) is 9.64. The van der Waals surface area contributed by atoms with Gasteiger partial charge in [-0.25, -0.2) is 0 Å². The van der Waals surface area contributed by atoms with Gasteiger partial charge in [-0.1, -0.05) is 18.2 Å². The van der Waals surface area contributed by atoms with Crippen LogP contribution in [0.15, 0.2) is 36.5 Å². The minimum Gasteiger partial charge on any atom is -0.349 e. The number of carbonyl (C=O) groups is 2. The van der Waals surface area contributed by atoms with E-state index in [0.29, 0.717) is 38.9 Å². The van der Waals surface area contributed by atoms with Gasteiger partial charge in [-0.3, -0.25) is 9.59 Å². The molecule has 0 radical (unpaired) electrons. The summed E-state index contributed by atoms with van der Waals surface area (Å²) in [7, 11) is 3.55. The third kappa shape index (κ3) is 4.25. The number of fused-ring (bicyclic) bond motifs is 1. The van der Waals surface area contributed by atoms with Gasteiger partial charge >= 0.3 is 0 Å². The molecule has 0 spiro atoms. The number of hydrogen-bond donors (Lipinski definition) is 0. The Morgan fingerprint density at radius 3 is 2.64 bits per heavy atom. The summed E-state index contributed by atoms with van der Waals surface area (Å²) in [6.45, 7) is 1.85. The summed E-state index contributed by atoms with van der Waals surface area (Å²) >= 11 is 0. The van der Waals surface area contributed by atoms with Gasteiger partial charge in [0.25, 0.3) is 0 Å². The highest BCUT2D eigenvalue weighted by Crippen LogP contribution is 2.23. The molecule has 1 saturated heterocycles. The predicted molar refractivity (Wildman–Crippen MR) is 109 cm³/mol. The number of amides is 2. The van der Waals surface area contributed by atoms with E-state index in [1.165, 1.54) is 0 Å². The molecule has 1 aliphatic rings. The van der Waals surface area contributed by atoms with Crippen molar-refractivity contribution in [2.24, 2.45) is 5.92 Å². The summed E-state index contributed by atoms with van der Waals surface area (Å²) < 4.78 is 2.06. The van der Waals surface area contributed by atoms with E-state index in [4.69, 9.17) is 5.26 Å². The number of nitriles is 1. The highest BCUT2D eigenvalue weighted by molar-refractivity contribution is 5.96. The smallest absolute Gasteiger partial charge is 0.246 e. The van der Waals surface area contributed by atoms with E-state index in [1.807, 2.05) is 41.4 Å². The van der Waals surface area contributed by atoms with Crippen molar-refractivity contribution in [1.29, 1.82) is 5.26 Å². The molecule has 6 heteroatoms. The summed E-state index contributed by atoms with van der Waals surface area (Å²) in [5.41, 5.74) is 2.03. The number of aryl methyl sites for hydroxylation is 1. The van der Waals surface area contributed by atoms with Gasteiger partial charge in [-0.2, -0.15) is 5.26 Å². The number of rotatable bonds is 5. The standard InChI is InChI=1S/C22H26N4O2/c1-24(2)22(28)17-10-14-25(15-11-17)21(27)9-8-18-16-26(13-5-12-23)20-7-4-3-6-19(18)20/h3-4,6-9,16-17H,5,10-11,13-15H2,1-2H3. The maximum atomic E-state index is 12.6. The van der Waals surface area contributed by atoms with E-state index in [9.17, 15) is 9.59 Å². The second-order valence-corrected chi connectivity index (χ2v) is 7.37. The van der Waals surface area contributed by atoms with E-state index in [1.54, 1.807) is 25.1 Å². The minimum atomic E-state index is -0.0235. The van der Waals surface area contributed by atoms with Crippen LogP contribution in [0.5, 0.6) is 0 Å². The largest absolute Gasteiger partial charge is 0.349 e. The van der Waals surface area contributed by atoms with Gasteiger partial charge in [-0.15, -0.1) is 0 Å². The number of likely N-dealkylation sites (tertiary alicyclic amines) is 1. The molecule has 0 saturated carbocycles. The molecule has 0 N–H and O–H groups in total. The molecule has 2 aromatic rings. The molecule has 6 nitrogen and oxygen atoms in total. The number of carbonyl (C=O) groups excluding carboxylic acids is 2. The summed E-state index contributed by atoms with van der Waals surface area (Å²) in [5.74, 6) is 0.138. The predicted octanol–water partition coefficient (Wildman–Crippen LogP) is 2.89. The molecule has 2 amide bonds. The Morgan fingerprint density at radius 1 is 1.25 bits per heavy atom. The molecule has 0 bridgehead atoms. The van der Waals surface area contributed by atoms with Crippen LogP contribution in [0.25, 0.3) is 17.0 Å². The van der Waals surface area contributed by atoms with Gasteiger partial charge < -0.3 is 14.4 Å². The van der Waals surface area contributed by atoms with Crippen LogP contribution in [0.4, 0.5) is 0 Å². The molecule has 146 valence electrons. The van der Waals surface area contributed by atoms with Crippen molar-refractivity contribution in [3.05, 3.63) is 42.1 Å². The maximum Gasteiger partial charge on any atom is 0.246 e. The summed E-state index contributed by atoms with van der Waals surface area (Å²) in [4.78, 5) is 28.1. The van der Waals surface area contributed by atoms with Crippen molar-refractivity contribution in [1.82, 2.24) is 14.4 Å². The number of nitrogens with zero attached hydrogens (tertiary/aromatic N) is 4. The third-order valence-corrected chi connectivity index (χ3v) is 5.29. The Bertz CT molecular complexity index is 928. The Kier molecular flexibility index (Phi) is 6.15. The van der Waals surface area contributed by atoms with Crippen LogP contribution in [0, 0.1) is 17.2 Å². The lowest BCUT2D eigenvalue weighted by atomic mass is 9.95. The van der Waals surface area contributed by atoms with Crippen molar-refractivity contribution >= 4 is 28.8 Å². The van der Waals surface area contributed by atoms with Crippen LogP contribution in [-0.2, 0) is 16.1 Å². The zero-order chi connectivity index (χ0) is 20.1. The maximum absolute atomic E-state index is 12.6. The molecule has 3 rings (SSSR count). The second-order valence-electron chi connectivity index (χ2n) is 7.37. The summed E-state index contributed by atoms with van der Waals surface area (Å²) in [6.07, 6.45) is 7.33. The Hall–Kier alpha value is -3.07. The van der Waals surface area contributed by atoms with Gasteiger partial charge in [0.05, 0.1) is 12.5 Å². The zero-order valence-corrected chi connectivity index (χ0v) is 16.5. The minimum absolute atomic E-state index is 0.0149. The van der Waals surface area contributed by atoms with Crippen molar-refractivity contribution in [3.63, 3.8) is 0 Å².